The second kappa shape index (κ2) is 8.84. The highest BCUT2D eigenvalue weighted by Gasteiger charge is 2.20. The van der Waals surface area contributed by atoms with Crippen molar-refractivity contribution in [2.24, 2.45) is 0 Å². The first-order valence-corrected chi connectivity index (χ1v) is 12.1. The van der Waals surface area contributed by atoms with Gasteiger partial charge in [0.1, 0.15) is 0 Å². The van der Waals surface area contributed by atoms with Crippen LogP contribution in [0.3, 0.4) is 0 Å². The van der Waals surface area contributed by atoms with E-state index in [1.54, 1.807) is 0 Å². The van der Waals surface area contributed by atoms with E-state index in [-0.39, 0.29) is 5.91 Å². The van der Waals surface area contributed by atoms with Crippen LogP contribution in [0, 0.1) is 27.7 Å². The van der Waals surface area contributed by atoms with E-state index in [1.807, 2.05) is 36.6 Å². The largest absolute Gasteiger partial charge is 0.298 e. The third kappa shape index (κ3) is 4.11. The summed E-state index contributed by atoms with van der Waals surface area (Å²) in [5.41, 5.74) is 9.61. The molecule has 0 bridgehead atoms. The van der Waals surface area contributed by atoms with Crippen molar-refractivity contribution in [3.63, 3.8) is 0 Å². The summed E-state index contributed by atoms with van der Waals surface area (Å²) in [6.07, 6.45) is 0. The van der Waals surface area contributed by atoms with Gasteiger partial charge in [0.25, 0.3) is 5.91 Å². The Morgan fingerprint density at radius 1 is 0.853 bits per heavy atom. The topological polar surface area (TPSA) is 54.9 Å². The highest BCUT2D eigenvalue weighted by Crippen LogP contribution is 2.32. The Labute approximate surface area is 203 Å². The van der Waals surface area contributed by atoms with Crippen LogP contribution in [0.15, 0.2) is 72.1 Å². The number of nitrogens with zero attached hydrogens (tertiary/aromatic N) is 2. The first-order valence-electron chi connectivity index (χ1n) is 11.2. The smallest absolute Gasteiger partial charge is 0.258 e. The number of carbonyl (C=O) groups excluding carboxylic acids is 1. The van der Waals surface area contributed by atoms with Crippen LogP contribution in [-0.4, -0.2) is 15.9 Å². The molecule has 1 N–H and O–H groups in total. The Kier molecular flexibility index (Phi) is 5.72. The number of para-hydroxylation sites is 1. The summed E-state index contributed by atoms with van der Waals surface area (Å²) >= 11 is 1.44. The number of anilines is 1. The molecule has 5 aromatic rings. The van der Waals surface area contributed by atoms with Gasteiger partial charge in [0, 0.05) is 21.9 Å². The molecule has 0 spiro atoms. The molecule has 0 saturated carbocycles. The first-order chi connectivity index (χ1) is 16.4. The summed E-state index contributed by atoms with van der Waals surface area (Å²) in [6, 6.07) is 22.3. The first kappa shape index (κ1) is 22.0. The van der Waals surface area contributed by atoms with E-state index in [9.17, 15) is 4.79 Å². The van der Waals surface area contributed by atoms with Crippen molar-refractivity contribution in [1.29, 1.82) is 0 Å². The standard InChI is InChI=1S/C29H25N3OS/c1-17-9-12-21(13-10-17)27-20(4)26(23-7-5-6-8-24(23)30-27)28(33)32-29-31-25(16-34-29)22-14-11-18(2)15-19(22)3/h5-16H,1-4H3,(H,31,32,33). The van der Waals surface area contributed by atoms with Gasteiger partial charge in [0.2, 0.25) is 0 Å². The molecular weight excluding hydrogens is 438 g/mol. The molecule has 3 aromatic carbocycles. The molecule has 0 aliphatic rings. The lowest BCUT2D eigenvalue weighted by Crippen LogP contribution is -2.15. The lowest BCUT2D eigenvalue weighted by Gasteiger charge is -2.14. The number of nitrogens with one attached hydrogen (secondary N) is 1. The third-order valence-electron chi connectivity index (χ3n) is 6.07. The van der Waals surface area contributed by atoms with Crippen LogP contribution in [0.25, 0.3) is 33.4 Å². The fourth-order valence-corrected chi connectivity index (χ4v) is 5.01. The monoisotopic (exact) mass is 463 g/mol. The van der Waals surface area contributed by atoms with Crippen LogP contribution in [0.5, 0.6) is 0 Å². The van der Waals surface area contributed by atoms with Crippen LogP contribution in [0.4, 0.5) is 5.13 Å². The van der Waals surface area contributed by atoms with Gasteiger partial charge in [-0.25, -0.2) is 9.97 Å². The molecule has 34 heavy (non-hydrogen) atoms. The summed E-state index contributed by atoms with van der Waals surface area (Å²) in [5, 5.41) is 6.44. The molecule has 4 nitrogen and oxygen atoms in total. The van der Waals surface area contributed by atoms with Crippen molar-refractivity contribution in [3.8, 4) is 22.5 Å². The number of aromatic nitrogens is 2. The average Bonchev–Trinajstić information content (AvgIpc) is 3.27. The summed E-state index contributed by atoms with van der Waals surface area (Å²) in [5.74, 6) is -0.175. The molecule has 5 rings (SSSR count). The normalized spacial score (nSPS) is 11.1. The van der Waals surface area contributed by atoms with Gasteiger partial charge >= 0.3 is 0 Å². The van der Waals surface area contributed by atoms with Crippen molar-refractivity contribution in [3.05, 3.63) is 99.9 Å². The number of fused-ring (bicyclic) bond motifs is 1. The molecule has 0 fully saturated rings. The van der Waals surface area contributed by atoms with Gasteiger partial charge in [-0.05, 0) is 44.9 Å². The lowest BCUT2D eigenvalue weighted by molar-refractivity contribution is 0.102. The molecule has 0 aliphatic carbocycles. The van der Waals surface area contributed by atoms with Gasteiger partial charge in [-0.2, -0.15) is 0 Å². The maximum atomic E-state index is 13.6. The van der Waals surface area contributed by atoms with Crippen molar-refractivity contribution >= 4 is 33.3 Å². The summed E-state index contributed by atoms with van der Waals surface area (Å²) in [7, 11) is 0. The van der Waals surface area contributed by atoms with Gasteiger partial charge in [0.15, 0.2) is 5.13 Å². The molecule has 0 aliphatic heterocycles. The number of carbonyl (C=O) groups is 1. The van der Waals surface area contributed by atoms with Gasteiger partial charge in [-0.15, -0.1) is 11.3 Å². The minimum Gasteiger partial charge on any atom is -0.298 e. The van der Waals surface area contributed by atoms with Crippen LogP contribution in [0.2, 0.25) is 0 Å². The molecule has 0 saturated heterocycles. The summed E-state index contributed by atoms with van der Waals surface area (Å²) < 4.78 is 0. The zero-order valence-electron chi connectivity index (χ0n) is 19.6. The Morgan fingerprint density at radius 3 is 2.35 bits per heavy atom. The van der Waals surface area contributed by atoms with Gasteiger partial charge in [0.05, 0.1) is 22.5 Å². The fraction of sp³-hybridized carbons (Fsp3) is 0.138. The second-order valence-corrected chi connectivity index (χ2v) is 9.51. The summed E-state index contributed by atoms with van der Waals surface area (Å²) in [4.78, 5) is 23.2. The molecule has 0 radical (unpaired) electrons. The molecule has 168 valence electrons. The molecule has 5 heteroatoms. The van der Waals surface area contributed by atoms with Crippen molar-refractivity contribution in [2.75, 3.05) is 5.32 Å². The quantitative estimate of drug-likeness (QED) is 0.300. The molecule has 2 aromatic heterocycles. The van der Waals surface area contributed by atoms with Gasteiger partial charge in [-0.1, -0.05) is 71.8 Å². The number of thiazole rings is 1. The molecule has 0 atom stereocenters. The van der Waals surface area contributed by atoms with Crippen LogP contribution < -0.4 is 5.32 Å². The zero-order valence-corrected chi connectivity index (χ0v) is 20.5. The average molecular weight is 464 g/mol. The van der Waals surface area contributed by atoms with E-state index in [1.165, 1.54) is 28.0 Å². The van der Waals surface area contributed by atoms with E-state index in [0.717, 1.165) is 39.0 Å². The number of hydrogen-bond acceptors (Lipinski definition) is 4. The number of rotatable bonds is 4. The minimum absolute atomic E-state index is 0.175. The second-order valence-electron chi connectivity index (χ2n) is 8.65. The van der Waals surface area contributed by atoms with Crippen molar-refractivity contribution in [2.45, 2.75) is 27.7 Å². The predicted molar refractivity (Wildman–Crippen MR) is 142 cm³/mol. The Balaban J connectivity index is 1.54. The van der Waals surface area contributed by atoms with E-state index in [2.05, 4.69) is 68.6 Å². The number of pyridine rings is 1. The molecule has 2 heterocycles. The third-order valence-corrected chi connectivity index (χ3v) is 6.83. The maximum Gasteiger partial charge on any atom is 0.258 e. The number of amides is 1. The van der Waals surface area contributed by atoms with Gasteiger partial charge in [-0.3, -0.25) is 10.1 Å². The molecular formula is C29H25N3OS. The number of benzene rings is 3. The maximum absolute atomic E-state index is 13.6. The highest BCUT2D eigenvalue weighted by atomic mass is 32.1. The van der Waals surface area contributed by atoms with E-state index >= 15 is 0 Å². The van der Waals surface area contributed by atoms with Crippen LogP contribution >= 0.6 is 11.3 Å². The molecule has 0 unspecified atom stereocenters. The molecule has 1 amide bonds. The predicted octanol–water partition coefficient (Wildman–Crippen LogP) is 7.51. The van der Waals surface area contributed by atoms with E-state index < -0.39 is 0 Å². The Morgan fingerprint density at radius 2 is 1.59 bits per heavy atom. The number of aryl methyl sites for hydroxylation is 3. The van der Waals surface area contributed by atoms with Crippen molar-refractivity contribution in [1.82, 2.24) is 9.97 Å². The van der Waals surface area contributed by atoms with E-state index in [4.69, 9.17) is 9.97 Å². The Bertz CT molecular complexity index is 1530. The van der Waals surface area contributed by atoms with Crippen LogP contribution in [0.1, 0.15) is 32.6 Å². The minimum atomic E-state index is -0.175. The van der Waals surface area contributed by atoms with E-state index in [0.29, 0.717) is 10.7 Å². The summed E-state index contributed by atoms with van der Waals surface area (Å²) in [6.45, 7) is 8.19. The highest BCUT2D eigenvalue weighted by molar-refractivity contribution is 7.14. The van der Waals surface area contributed by atoms with Crippen molar-refractivity contribution < 1.29 is 4.79 Å². The Hall–Kier alpha value is -3.83. The van der Waals surface area contributed by atoms with Gasteiger partial charge < -0.3 is 0 Å². The van der Waals surface area contributed by atoms with Crippen LogP contribution in [-0.2, 0) is 0 Å². The zero-order chi connectivity index (χ0) is 23.8. The SMILES string of the molecule is Cc1ccc(-c2nc3ccccc3c(C(=O)Nc3nc(-c4ccc(C)cc4C)cs3)c2C)cc1. The fourth-order valence-electron chi connectivity index (χ4n) is 4.31. The lowest BCUT2D eigenvalue weighted by atomic mass is 9.97. The number of hydrogen-bond donors (Lipinski definition) is 1.